The molecular weight excluding hydrogens is 188 g/mol. The summed E-state index contributed by atoms with van der Waals surface area (Å²) in [5, 5.41) is 5.17. The number of anilines is 1. The Labute approximate surface area is 88.2 Å². The molecule has 1 aliphatic rings. The van der Waals surface area contributed by atoms with Gasteiger partial charge in [-0.2, -0.15) is 0 Å². The minimum Gasteiger partial charge on any atom is -0.399 e. The van der Waals surface area contributed by atoms with E-state index in [1.807, 2.05) is 18.2 Å². The monoisotopic (exact) mass is 202 g/mol. The first-order valence-electron chi connectivity index (χ1n) is 5.49. The molecule has 0 aliphatic heterocycles. The van der Waals surface area contributed by atoms with Gasteiger partial charge in [0.1, 0.15) is 11.3 Å². The van der Waals surface area contributed by atoms with Gasteiger partial charge in [0, 0.05) is 17.0 Å². The quantitative estimate of drug-likeness (QED) is 0.723. The zero-order chi connectivity index (χ0) is 10.3. The molecule has 1 fully saturated rings. The summed E-state index contributed by atoms with van der Waals surface area (Å²) in [5.41, 5.74) is 7.49. The van der Waals surface area contributed by atoms with Crippen LogP contribution in [0, 0.1) is 0 Å². The van der Waals surface area contributed by atoms with Crippen molar-refractivity contribution in [2.24, 2.45) is 0 Å². The summed E-state index contributed by atoms with van der Waals surface area (Å²) in [7, 11) is 0. The summed E-state index contributed by atoms with van der Waals surface area (Å²) in [6, 6.07) is 5.76. The van der Waals surface area contributed by atoms with Gasteiger partial charge in [0.2, 0.25) is 0 Å². The van der Waals surface area contributed by atoms with Gasteiger partial charge in [-0.1, -0.05) is 18.0 Å². The van der Waals surface area contributed by atoms with E-state index in [0.717, 1.165) is 22.4 Å². The predicted molar refractivity (Wildman–Crippen MR) is 59.6 cm³/mol. The smallest absolute Gasteiger partial charge is 0.147 e. The van der Waals surface area contributed by atoms with E-state index in [1.165, 1.54) is 25.7 Å². The number of hydrogen-bond donors (Lipinski definition) is 1. The van der Waals surface area contributed by atoms with E-state index in [1.54, 1.807) is 0 Å². The van der Waals surface area contributed by atoms with Crippen LogP contribution in [0.3, 0.4) is 0 Å². The normalized spacial score (nSPS) is 17.6. The summed E-state index contributed by atoms with van der Waals surface area (Å²) in [4.78, 5) is 0. The maximum Gasteiger partial charge on any atom is 0.147 e. The van der Waals surface area contributed by atoms with Gasteiger partial charge in [0.15, 0.2) is 0 Å². The number of nitrogen functional groups attached to an aromatic ring is 1. The van der Waals surface area contributed by atoms with Crippen LogP contribution in [0.5, 0.6) is 0 Å². The Kier molecular flexibility index (Phi) is 1.91. The lowest BCUT2D eigenvalue weighted by molar-refractivity contribution is 0.368. The lowest BCUT2D eigenvalue weighted by atomic mass is 10.0. The highest BCUT2D eigenvalue weighted by Gasteiger charge is 2.23. The summed E-state index contributed by atoms with van der Waals surface area (Å²) < 4.78 is 5.45. The van der Waals surface area contributed by atoms with E-state index in [9.17, 15) is 0 Å². The SMILES string of the molecule is Nc1ccc2noc(C3CCCC3)c2c1. The van der Waals surface area contributed by atoms with Gasteiger partial charge in [0.05, 0.1) is 0 Å². The number of aromatic nitrogens is 1. The van der Waals surface area contributed by atoms with E-state index in [4.69, 9.17) is 10.3 Å². The van der Waals surface area contributed by atoms with Crippen molar-refractivity contribution < 1.29 is 4.52 Å². The van der Waals surface area contributed by atoms with Gasteiger partial charge < -0.3 is 10.3 Å². The number of fused-ring (bicyclic) bond motifs is 1. The summed E-state index contributed by atoms with van der Waals surface area (Å²) in [5.74, 6) is 1.59. The van der Waals surface area contributed by atoms with Gasteiger partial charge in [-0.25, -0.2) is 0 Å². The Balaban J connectivity index is 2.13. The Morgan fingerprint density at radius 2 is 2.07 bits per heavy atom. The molecule has 2 N–H and O–H groups in total. The van der Waals surface area contributed by atoms with Crippen LogP contribution in [0.4, 0.5) is 5.69 Å². The van der Waals surface area contributed by atoms with E-state index >= 15 is 0 Å². The molecule has 0 radical (unpaired) electrons. The van der Waals surface area contributed by atoms with Crippen molar-refractivity contribution in [3.63, 3.8) is 0 Å². The molecule has 3 rings (SSSR count). The largest absolute Gasteiger partial charge is 0.399 e. The maximum atomic E-state index is 5.78. The first-order chi connectivity index (χ1) is 7.34. The van der Waals surface area contributed by atoms with Crippen LogP contribution < -0.4 is 5.73 Å². The molecule has 0 atom stereocenters. The first-order valence-corrected chi connectivity index (χ1v) is 5.49. The molecule has 1 aromatic carbocycles. The second-order valence-corrected chi connectivity index (χ2v) is 4.30. The number of nitrogens with two attached hydrogens (primary N) is 1. The minimum atomic E-state index is 0.553. The number of hydrogen-bond acceptors (Lipinski definition) is 3. The van der Waals surface area contributed by atoms with Gasteiger partial charge in [-0.05, 0) is 31.0 Å². The van der Waals surface area contributed by atoms with Gasteiger partial charge in [-0.15, -0.1) is 0 Å². The van der Waals surface area contributed by atoms with Crippen molar-refractivity contribution in [1.82, 2.24) is 5.16 Å². The molecule has 1 aromatic heterocycles. The molecule has 15 heavy (non-hydrogen) atoms. The fourth-order valence-electron chi connectivity index (χ4n) is 2.46. The van der Waals surface area contributed by atoms with Crippen LogP contribution in [-0.4, -0.2) is 5.16 Å². The van der Waals surface area contributed by atoms with Crippen LogP contribution >= 0.6 is 0 Å². The highest BCUT2D eigenvalue weighted by Crippen LogP contribution is 2.37. The van der Waals surface area contributed by atoms with E-state index < -0.39 is 0 Å². The van der Waals surface area contributed by atoms with E-state index in [0.29, 0.717) is 5.92 Å². The average Bonchev–Trinajstić information content (AvgIpc) is 2.83. The van der Waals surface area contributed by atoms with Crippen LogP contribution in [0.25, 0.3) is 10.9 Å². The maximum absolute atomic E-state index is 5.78. The minimum absolute atomic E-state index is 0.553. The summed E-state index contributed by atoms with van der Waals surface area (Å²) >= 11 is 0. The molecule has 0 saturated heterocycles. The van der Waals surface area contributed by atoms with Gasteiger partial charge in [0.25, 0.3) is 0 Å². The third kappa shape index (κ3) is 1.39. The lowest BCUT2D eigenvalue weighted by Crippen LogP contribution is -1.90. The third-order valence-electron chi connectivity index (χ3n) is 3.25. The number of nitrogens with zero attached hydrogens (tertiary/aromatic N) is 1. The van der Waals surface area contributed by atoms with Gasteiger partial charge in [-0.3, -0.25) is 0 Å². The van der Waals surface area contributed by atoms with Crippen molar-refractivity contribution in [3.05, 3.63) is 24.0 Å². The molecule has 0 spiro atoms. The van der Waals surface area contributed by atoms with E-state index in [2.05, 4.69) is 5.16 Å². The predicted octanol–water partition coefficient (Wildman–Crippen LogP) is 3.07. The molecule has 1 heterocycles. The molecular formula is C12H14N2O. The molecule has 0 amide bonds. The fraction of sp³-hybridized carbons (Fsp3) is 0.417. The molecule has 3 heteroatoms. The molecule has 1 saturated carbocycles. The zero-order valence-electron chi connectivity index (χ0n) is 8.57. The molecule has 0 unspecified atom stereocenters. The molecule has 0 bridgehead atoms. The molecule has 3 nitrogen and oxygen atoms in total. The Morgan fingerprint density at radius 3 is 2.87 bits per heavy atom. The van der Waals surface area contributed by atoms with Crippen molar-refractivity contribution in [3.8, 4) is 0 Å². The Morgan fingerprint density at radius 1 is 1.27 bits per heavy atom. The topological polar surface area (TPSA) is 52.0 Å². The van der Waals surface area contributed by atoms with Crippen LogP contribution in [0.2, 0.25) is 0 Å². The summed E-state index contributed by atoms with van der Waals surface area (Å²) in [6.07, 6.45) is 5.04. The summed E-state index contributed by atoms with van der Waals surface area (Å²) in [6.45, 7) is 0. The van der Waals surface area contributed by atoms with Crippen molar-refractivity contribution in [2.75, 3.05) is 5.73 Å². The van der Waals surface area contributed by atoms with E-state index in [-0.39, 0.29) is 0 Å². The highest BCUT2D eigenvalue weighted by atomic mass is 16.5. The van der Waals surface area contributed by atoms with Crippen LogP contribution in [0.15, 0.2) is 22.7 Å². The highest BCUT2D eigenvalue weighted by molar-refractivity contribution is 5.84. The number of rotatable bonds is 1. The van der Waals surface area contributed by atoms with Crippen LogP contribution in [0.1, 0.15) is 37.4 Å². The molecule has 78 valence electrons. The van der Waals surface area contributed by atoms with Gasteiger partial charge >= 0.3 is 0 Å². The Hall–Kier alpha value is -1.51. The zero-order valence-corrected chi connectivity index (χ0v) is 8.57. The second-order valence-electron chi connectivity index (χ2n) is 4.30. The van der Waals surface area contributed by atoms with Crippen molar-refractivity contribution in [2.45, 2.75) is 31.6 Å². The average molecular weight is 202 g/mol. The molecule has 1 aliphatic carbocycles. The third-order valence-corrected chi connectivity index (χ3v) is 3.25. The first kappa shape index (κ1) is 8.77. The second kappa shape index (κ2) is 3.26. The lowest BCUT2D eigenvalue weighted by Gasteiger charge is -2.03. The van der Waals surface area contributed by atoms with Crippen LogP contribution in [-0.2, 0) is 0 Å². The fourth-order valence-corrected chi connectivity index (χ4v) is 2.46. The number of benzene rings is 1. The van der Waals surface area contributed by atoms with Crippen molar-refractivity contribution >= 4 is 16.6 Å². The van der Waals surface area contributed by atoms with Crippen molar-refractivity contribution in [1.29, 1.82) is 0 Å². The molecule has 2 aromatic rings. The standard InChI is InChI=1S/C12H14N2O/c13-9-5-6-11-10(7-9)12(15-14-11)8-3-1-2-4-8/h5-8H,1-4,13H2. The Bertz CT molecular complexity index is 483.